The van der Waals surface area contributed by atoms with Gasteiger partial charge < -0.3 is 0 Å². The number of nitrogens with zero attached hydrogens (tertiary/aromatic N) is 3. The number of carbonyl (C=O) groups excluding carboxylic acids is 1. The van der Waals surface area contributed by atoms with E-state index in [0.717, 1.165) is 0 Å². The number of hydrogen-bond donors (Lipinski definition) is 1. The molecule has 0 aliphatic carbocycles. The predicted molar refractivity (Wildman–Crippen MR) is 82.7 cm³/mol. The molecule has 0 spiro atoms. The van der Waals surface area contributed by atoms with Gasteiger partial charge in [0.15, 0.2) is 12.4 Å². The lowest BCUT2D eigenvalue weighted by Crippen LogP contribution is -2.40. The largest absolute Gasteiger partial charge is 0.305 e. The molecule has 0 atom stereocenters. The molecule has 7 nitrogen and oxygen atoms in total. The number of carbonyl (C=O) groups is 1. The predicted octanol–water partition coefficient (Wildman–Crippen LogP) is 1.45. The van der Waals surface area contributed by atoms with E-state index in [4.69, 9.17) is 0 Å². The molecule has 0 saturated carbocycles. The maximum atomic E-state index is 11.6. The van der Waals surface area contributed by atoms with E-state index >= 15 is 0 Å². The Bertz CT molecular complexity index is 677. The van der Waals surface area contributed by atoms with E-state index in [2.05, 4.69) is 10.5 Å². The average molecular weight is 322 g/mol. The summed E-state index contributed by atoms with van der Waals surface area (Å²) in [5, 5.41) is 14.4. The van der Waals surface area contributed by atoms with Gasteiger partial charge in [0, 0.05) is 29.8 Å². The van der Waals surface area contributed by atoms with Gasteiger partial charge in [-0.2, -0.15) is 9.67 Å². The normalized spacial score (nSPS) is 10.0. The van der Waals surface area contributed by atoms with E-state index in [0.29, 0.717) is 5.56 Å². The topological polar surface area (TPSA) is 88.5 Å². The number of hydrogen-bond acceptors (Lipinski definition) is 4. The summed E-state index contributed by atoms with van der Waals surface area (Å²) in [6.07, 6.45) is 4.90. The third kappa shape index (κ3) is 5.29. The highest BCUT2D eigenvalue weighted by atomic mass is 35.5. The van der Waals surface area contributed by atoms with E-state index in [1.54, 1.807) is 29.1 Å². The minimum atomic E-state index is -0.484. The summed E-state index contributed by atoms with van der Waals surface area (Å²) in [6, 6.07) is 11.5. The van der Waals surface area contributed by atoms with Crippen molar-refractivity contribution in [1.82, 2.24) is 5.43 Å². The summed E-state index contributed by atoms with van der Waals surface area (Å²) in [6.45, 7) is 0.146. The fourth-order valence-corrected chi connectivity index (χ4v) is 1.64. The van der Waals surface area contributed by atoms with Gasteiger partial charge in [-0.15, -0.1) is 12.4 Å². The molecule has 2 aromatic rings. The molecule has 22 heavy (non-hydrogen) atoms. The Balaban J connectivity index is 0.00000242. The Morgan fingerprint density at radius 1 is 1.27 bits per heavy atom. The quantitative estimate of drug-likeness (QED) is 0.391. The Labute approximate surface area is 132 Å². The van der Waals surface area contributed by atoms with Crippen LogP contribution >= 0.6 is 12.4 Å². The zero-order valence-electron chi connectivity index (χ0n) is 11.5. The van der Waals surface area contributed by atoms with Gasteiger partial charge in [-0.1, -0.05) is 18.2 Å². The van der Waals surface area contributed by atoms with Crippen molar-refractivity contribution in [3.8, 4) is 0 Å². The van der Waals surface area contributed by atoms with Crippen molar-refractivity contribution in [2.24, 2.45) is 5.10 Å². The summed E-state index contributed by atoms with van der Waals surface area (Å²) in [7, 11) is 0. The number of aromatic nitrogens is 1. The highest BCUT2D eigenvalue weighted by Gasteiger charge is 2.07. The average Bonchev–Trinajstić information content (AvgIpc) is 2.48. The highest BCUT2D eigenvalue weighted by Crippen LogP contribution is 2.11. The van der Waals surface area contributed by atoms with Gasteiger partial charge in [0.1, 0.15) is 0 Å². The van der Waals surface area contributed by atoms with Gasteiger partial charge in [0.2, 0.25) is 6.54 Å². The standard InChI is InChI=1S/C14H12N4O3.ClH/c19-14(11-17-7-2-1-3-8-17)16-15-10-12-5-4-6-13(9-12)18(20)21;/h1-10H,11H2;1H/p+1/b15-10-;. The van der Waals surface area contributed by atoms with Gasteiger partial charge in [0.05, 0.1) is 11.1 Å². The van der Waals surface area contributed by atoms with Crippen LogP contribution in [0, 0.1) is 10.1 Å². The van der Waals surface area contributed by atoms with Crippen molar-refractivity contribution >= 4 is 30.2 Å². The van der Waals surface area contributed by atoms with Crippen LogP contribution in [-0.2, 0) is 11.3 Å². The third-order valence-electron chi connectivity index (χ3n) is 2.59. The van der Waals surface area contributed by atoms with E-state index in [9.17, 15) is 14.9 Å². The number of nitro groups is 1. The van der Waals surface area contributed by atoms with Crippen molar-refractivity contribution in [2.45, 2.75) is 6.54 Å². The first kappa shape index (κ1) is 17.3. The van der Waals surface area contributed by atoms with Gasteiger partial charge >= 0.3 is 5.91 Å². The van der Waals surface area contributed by atoms with Crippen LogP contribution in [0.25, 0.3) is 0 Å². The second-order valence-corrected chi connectivity index (χ2v) is 4.19. The van der Waals surface area contributed by atoms with Crippen LogP contribution in [0.4, 0.5) is 5.69 Å². The Kier molecular flexibility index (Phi) is 6.65. The second kappa shape index (κ2) is 8.48. The fraction of sp³-hybridized carbons (Fsp3) is 0.0714. The van der Waals surface area contributed by atoms with Crippen LogP contribution in [0.1, 0.15) is 5.56 Å². The molecule has 1 aromatic carbocycles. The number of halogens is 1. The van der Waals surface area contributed by atoms with E-state index in [-0.39, 0.29) is 30.5 Å². The zero-order chi connectivity index (χ0) is 15.1. The summed E-state index contributed by atoms with van der Waals surface area (Å²) < 4.78 is 1.71. The molecular weight excluding hydrogens is 308 g/mol. The van der Waals surface area contributed by atoms with Crippen molar-refractivity contribution in [1.29, 1.82) is 0 Å². The van der Waals surface area contributed by atoms with Crippen LogP contribution in [0.2, 0.25) is 0 Å². The molecule has 0 fully saturated rings. The maximum absolute atomic E-state index is 11.6. The summed E-state index contributed by atoms with van der Waals surface area (Å²) >= 11 is 0. The van der Waals surface area contributed by atoms with Crippen LogP contribution < -0.4 is 9.99 Å². The lowest BCUT2D eigenvalue weighted by Gasteiger charge is -1.97. The molecule has 1 heterocycles. The second-order valence-electron chi connectivity index (χ2n) is 4.19. The molecule has 2 rings (SSSR count). The van der Waals surface area contributed by atoms with Crippen LogP contribution in [-0.4, -0.2) is 17.0 Å². The van der Waals surface area contributed by atoms with Crippen LogP contribution in [0.15, 0.2) is 60.0 Å². The lowest BCUT2D eigenvalue weighted by molar-refractivity contribution is -0.684. The summed E-state index contributed by atoms with van der Waals surface area (Å²) in [5.74, 6) is -0.284. The van der Waals surface area contributed by atoms with Crippen molar-refractivity contribution in [2.75, 3.05) is 0 Å². The molecule has 0 bridgehead atoms. The number of non-ortho nitro benzene ring substituents is 1. The number of amides is 1. The van der Waals surface area contributed by atoms with Crippen molar-refractivity contribution in [3.05, 3.63) is 70.5 Å². The first-order chi connectivity index (χ1) is 10.1. The van der Waals surface area contributed by atoms with Crippen LogP contribution in [0.3, 0.4) is 0 Å². The lowest BCUT2D eigenvalue weighted by atomic mass is 10.2. The molecule has 114 valence electrons. The van der Waals surface area contributed by atoms with Crippen LogP contribution in [0.5, 0.6) is 0 Å². The highest BCUT2D eigenvalue weighted by molar-refractivity contribution is 5.85. The SMILES string of the molecule is Cl.O=C(C[n+]1ccccc1)N/N=C\c1cccc([N+](=O)[O-])c1. The molecule has 1 amide bonds. The Hall–Kier alpha value is -2.80. The van der Waals surface area contributed by atoms with Gasteiger partial charge in [0.25, 0.3) is 5.69 Å². The fourth-order valence-electron chi connectivity index (χ4n) is 1.64. The zero-order valence-corrected chi connectivity index (χ0v) is 12.3. The molecule has 0 aliphatic heterocycles. The molecule has 1 N–H and O–H groups in total. The number of nitro benzene ring substituents is 1. The minimum absolute atomic E-state index is 0. The van der Waals surface area contributed by atoms with E-state index in [1.807, 2.05) is 18.2 Å². The van der Waals surface area contributed by atoms with Gasteiger partial charge in [-0.25, -0.2) is 5.43 Å². The minimum Gasteiger partial charge on any atom is -0.266 e. The number of hydrazone groups is 1. The van der Waals surface area contributed by atoms with Gasteiger partial charge in [-0.05, 0) is 0 Å². The Morgan fingerprint density at radius 2 is 2.00 bits per heavy atom. The summed E-state index contributed by atoms with van der Waals surface area (Å²) in [4.78, 5) is 21.8. The molecular formula is C14H14ClN4O3+. The molecule has 0 unspecified atom stereocenters. The molecule has 0 radical (unpaired) electrons. The Morgan fingerprint density at radius 3 is 2.68 bits per heavy atom. The first-order valence-corrected chi connectivity index (χ1v) is 6.15. The number of nitrogens with one attached hydrogen (secondary N) is 1. The molecule has 0 saturated heterocycles. The monoisotopic (exact) mass is 321 g/mol. The molecule has 1 aromatic heterocycles. The van der Waals surface area contributed by atoms with E-state index in [1.165, 1.54) is 18.3 Å². The van der Waals surface area contributed by atoms with Crippen molar-refractivity contribution < 1.29 is 14.3 Å². The first-order valence-electron chi connectivity index (χ1n) is 6.15. The number of benzene rings is 1. The number of pyridine rings is 1. The number of rotatable bonds is 5. The molecule has 8 heteroatoms. The maximum Gasteiger partial charge on any atom is 0.305 e. The van der Waals surface area contributed by atoms with Gasteiger partial charge in [-0.3, -0.25) is 14.9 Å². The smallest absolute Gasteiger partial charge is 0.266 e. The molecule has 0 aliphatic rings. The summed E-state index contributed by atoms with van der Waals surface area (Å²) in [5.41, 5.74) is 2.88. The van der Waals surface area contributed by atoms with E-state index < -0.39 is 4.92 Å². The van der Waals surface area contributed by atoms with Crippen molar-refractivity contribution in [3.63, 3.8) is 0 Å². The third-order valence-corrected chi connectivity index (χ3v) is 2.59.